The fourth-order valence-electron chi connectivity index (χ4n) is 3.95. The molecule has 3 rings (SSSR count). The number of halogens is 1. The van der Waals surface area contributed by atoms with Crippen molar-refractivity contribution in [2.24, 2.45) is 0 Å². The fourth-order valence-corrected chi connectivity index (χ4v) is 3.95. The van der Waals surface area contributed by atoms with Gasteiger partial charge in [0, 0.05) is 0 Å². The van der Waals surface area contributed by atoms with Crippen LogP contribution in [0.3, 0.4) is 0 Å². The standard InChI is InChI=1S/C25H32FNO3/c1-18(19-9-5-4-6-10-19)23(28)27-22(24(2,3)29)20-11-13-21(14-12-20)30-17-25(26)15-7-8-16-25/h4-6,9-14,18,22,29H,7-8,15-17H2,1-3H3,(H,27,28)/t18-,22?/m0/s1. The smallest absolute Gasteiger partial charge is 0.227 e. The van der Waals surface area contributed by atoms with Gasteiger partial charge in [-0.2, -0.15) is 0 Å². The number of amides is 1. The molecule has 0 saturated heterocycles. The Morgan fingerprint density at radius 1 is 1.10 bits per heavy atom. The lowest BCUT2D eigenvalue weighted by Crippen LogP contribution is -2.43. The molecule has 1 unspecified atom stereocenters. The first kappa shape index (κ1) is 22.3. The second-order valence-electron chi connectivity index (χ2n) is 8.94. The molecule has 162 valence electrons. The van der Waals surface area contributed by atoms with Crippen molar-refractivity contribution in [1.82, 2.24) is 5.32 Å². The van der Waals surface area contributed by atoms with Gasteiger partial charge in [-0.05, 0) is 56.9 Å². The van der Waals surface area contributed by atoms with Gasteiger partial charge in [-0.1, -0.05) is 55.3 Å². The van der Waals surface area contributed by atoms with Gasteiger partial charge in [0.1, 0.15) is 18.0 Å². The summed E-state index contributed by atoms with van der Waals surface area (Å²) in [6.07, 6.45) is 2.93. The van der Waals surface area contributed by atoms with Crippen molar-refractivity contribution in [3.8, 4) is 5.75 Å². The highest BCUT2D eigenvalue weighted by molar-refractivity contribution is 5.83. The maximum absolute atomic E-state index is 14.5. The Hall–Kier alpha value is -2.40. The van der Waals surface area contributed by atoms with Crippen LogP contribution in [-0.2, 0) is 4.79 Å². The van der Waals surface area contributed by atoms with Crippen molar-refractivity contribution in [2.45, 2.75) is 69.7 Å². The lowest BCUT2D eigenvalue weighted by atomic mass is 9.90. The summed E-state index contributed by atoms with van der Waals surface area (Å²) in [7, 11) is 0. The molecule has 1 saturated carbocycles. The molecule has 1 aliphatic carbocycles. The number of carbonyl (C=O) groups excluding carboxylic acids is 1. The van der Waals surface area contributed by atoms with Crippen LogP contribution < -0.4 is 10.1 Å². The summed E-state index contributed by atoms with van der Waals surface area (Å²) in [5.41, 5.74) is -0.712. The molecule has 1 amide bonds. The van der Waals surface area contributed by atoms with Crippen LogP contribution >= 0.6 is 0 Å². The van der Waals surface area contributed by atoms with Crippen molar-refractivity contribution in [3.63, 3.8) is 0 Å². The highest BCUT2D eigenvalue weighted by atomic mass is 19.1. The molecule has 4 nitrogen and oxygen atoms in total. The topological polar surface area (TPSA) is 58.6 Å². The van der Waals surface area contributed by atoms with E-state index in [9.17, 15) is 14.3 Å². The normalized spacial score (nSPS) is 17.9. The summed E-state index contributed by atoms with van der Waals surface area (Å²) in [5, 5.41) is 13.7. The van der Waals surface area contributed by atoms with E-state index in [1.165, 1.54) is 0 Å². The third-order valence-electron chi connectivity index (χ3n) is 5.90. The predicted molar refractivity (Wildman–Crippen MR) is 116 cm³/mol. The summed E-state index contributed by atoms with van der Waals surface area (Å²) in [5.74, 6) is 0.0845. The molecule has 0 bridgehead atoms. The summed E-state index contributed by atoms with van der Waals surface area (Å²) >= 11 is 0. The summed E-state index contributed by atoms with van der Waals surface area (Å²) in [6.45, 7) is 5.25. The van der Waals surface area contributed by atoms with Crippen LogP contribution in [0.5, 0.6) is 5.75 Å². The molecule has 0 spiro atoms. The SMILES string of the molecule is C[C@H](C(=O)NC(c1ccc(OCC2(F)CCCC2)cc1)C(C)(C)O)c1ccccc1. The van der Waals surface area contributed by atoms with Gasteiger partial charge < -0.3 is 15.2 Å². The first-order valence-corrected chi connectivity index (χ1v) is 10.7. The number of hydrogen-bond donors (Lipinski definition) is 2. The Labute approximate surface area is 178 Å². The molecule has 0 radical (unpaired) electrons. The molecule has 30 heavy (non-hydrogen) atoms. The molecule has 0 heterocycles. The quantitative estimate of drug-likeness (QED) is 0.634. The van der Waals surface area contributed by atoms with Crippen molar-refractivity contribution < 1.29 is 19.0 Å². The molecule has 0 aliphatic heterocycles. The van der Waals surface area contributed by atoms with E-state index in [1.54, 1.807) is 26.0 Å². The Kier molecular flexibility index (Phi) is 6.81. The highest BCUT2D eigenvalue weighted by Gasteiger charge is 2.35. The minimum atomic E-state index is -1.23. The van der Waals surface area contributed by atoms with E-state index in [0.29, 0.717) is 18.6 Å². The zero-order valence-corrected chi connectivity index (χ0v) is 18.0. The molecule has 1 fully saturated rings. The molecular weight excluding hydrogens is 381 g/mol. The van der Waals surface area contributed by atoms with Gasteiger partial charge in [0.25, 0.3) is 0 Å². The van der Waals surface area contributed by atoms with E-state index in [0.717, 1.165) is 24.0 Å². The maximum atomic E-state index is 14.5. The zero-order chi connectivity index (χ0) is 21.8. The molecule has 5 heteroatoms. The van der Waals surface area contributed by atoms with E-state index < -0.39 is 17.3 Å². The Morgan fingerprint density at radius 3 is 2.27 bits per heavy atom. The molecule has 2 atom stereocenters. The minimum Gasteiger partial charge on any atom is -0.490 e. The van der Waals surface area contributed by atoms with Gasteiger partial charge in [0.2, 0.25) is 5.91 Å². The van der Waals surface area contributed by atoms with Crippen LogP contribution in [0.25, 0.3) is 0 Å². The van der Waals surface area contributed by atoms with Crippen molar-refractivity contribution in [1.29, 1.82) is 0 Å². The number of benzene rings is 2. The number of ether oxygens (including phenoxy) is 1. The van der Waals surface area contributed by atoms with Crippen molar-refractivity contribution >= 4 is 5.91 Å². The van der Waals surface area contributed by atoms with Crippen LogP contribution in [-0.4, -0.2) is 28.9 Å². The Bertz CT molecular complexity index is 824. The summed E-state index contributed by atoms with van der Waals surface area (Å²) in [6, 6.07) is 16.1. The predicted octanol–water partition coefficient (Wildman–Crippen LogP) is 5.08. The molecule has 1 aliphatic rings. The van der Waals surface area contributed by atoms with Gasteiger partial charge in [-0.3, -0.25) is 4.79 Å². The van der Waals surface area contributed by atoms with E-state index in [1.807, 2.05) is 49.4 Å². The lowest BCUT2D eigenvalue weighted by Gasteiger charge is -2.32. The van der Waals surface area contributed by atoms with E-state index in [-0.39, 0.29) is 18.4 Å². The molecular formula is C25H32FNO3. The van der Waals surface area contributed by atoms with Gasteiger partial charge in [-0.15, -0.1) is 0 Å². The monoisotopic (exact) mass is 413 g/mol. The van der Waals surface area contributed by atoms with Crippen LogP contribution in [0.2, 0.25) is 0 Å². The van der Waals surface area contributed by atoms with Crippen molar-refractivity contribution in [3.05, 3.63) is 65.7 Å². The fraction of sp³-hybridized carbons (Fsp3) is 0.480. The van der Waals surface area contributed by atoms with Crippen molar-refractivity contribution in [2.75, 3.05) is 6.61 Å². The van der Waals surface area contributed by atoms with Gasteiger partial charge in [0.05, 0.1) is 17.6 Å². The average Bonchev–Trinajstić information content (AvgIpc) is 3.17. The van der Waals surface area contributed by atoms with Gasteiger partial charge >= 0.3 is 0 Å². The van der Waals surface area contributed by atoms with E-state index >= 15 is 0 Å². The first-order valence-electron chi connectivity index (χ1n) is 10.7. The second-order valence-corrected chi connectivity index (χ2v) is 8.94. The van der Waals surface area contributed by atoms with Gasteiger partial charge in [0.15, 0.2) is 0 Å². The summed E-state index contributed by atoms with van der Waals surface area (Å²) < 4.78 is 20.2. The number of alkyl halides is 1. The Morgan fingerprint density at radius 2 is 1.70 bits per heavy atom. The Balaban J connectivity index is 1.68. The van der Waals surface area contributed by atoms with E-state index in [2.05, 4.69) is 5.32 Å². The van der Waals surface area contributed by atoms with E-state index in [4.69, 9.17) is 4.74 Å². The number of nitrogens with one attached hydrogen (secondary N) is 1. The largest absolute Gasteiger partial charge is 0.490 e. The molecule has 2 N–H and O–H groups in total. The molecule has 2 aromatic rings. The third-order valence-corrected chi connectivity index (χ3v) is 5.90. The third kappa shape index (κ3) is 5.60. The number of carbonyl (C=O) groups is 1. The van der Waals surface area contributed by atoms with Gasteiger partial charge in [-0.25, -0.2) is 4.39 Å². The zero-order valence-electron chi connectivity index (χ0n) is 18.0. The minimum absolute atomic E-state index is 0.0621. The molecule has 0 aromatic heterocycles. The van der Waals surface area contributed by atoms with Crippen LogP contribution in [0.15, 0.2) is 54.6 Å². The highest BCUT2D eigenvalue weighted by Crippen LogP contribution is 2.34. The van der Waals surface area contributed by atoms with Crippen LogP contribution in [0, 0.1) is 0 Å². The van der Waals surface area contributed by atoms with Crippen LogP contribution in [0.4, 0.5) is 4.39 Å². The number of hydrogen-bond acceptors (Lipinski definition) is 3. The first-order chi connectivity index (χ1) is 14.2. The number of aliphatic hydroxyl groups is 1. The summed E-state index contributed by atoms with van der Waals surface area (Å²) in [4.78, 5) is 12.8. The average molecular weight is 414 g/mol. The number of rotatable bonds is 8. The maximum Gasteiger partial charge on any atom is 0.227 e. The second kappa shape index (κ2) is 9.17. The molecule has 2 aromatic carbocycles. The van der Waals surface area contributed by atoms with Crippen LogP contribution in [0.1, 0.15) is 69.5 Å². The lowest BCUT2D eigenvalue weighted by molar-refractivity contribution is -0.125.